The molecule has 2 aromatic rings. The Morgan fingerprint density at radius 3 is 2.40 bits per heavy atom. The predicted molar refractivity (Wildman–Crippen MR) is 201 cm³/mol. The first kappa shape index (κ1) is 38.7. The van der Waals surface area contributed by atoms with Gasteiger partial charge in [0.05, 0.1) is 24.0 Å². The van der Waals surface area contributed by atoms with Crippen LogP contribution in [0.5, 0.6) is 0 Å². The van der Waals surface area contributed by atoms with E-state index in [4.69, 9.17) is 9.47 Å². The van der Waals surface area contributed by atoms with Gasteiger partial charge in [0.25, 0.3) is 5.91 Å². The summed E-state index contributed by atoms with van der Waals surface area (Å²) in [7, 11) is 0. The van der Waals surface area contributed by atoms with Crippen LogP contribution in [0.3, 0.4) is 0 Å². The lowest BCUT2D eigenvalue weighted by atomic mass is 9.70. The molecule has 0 unspecified atom stereocenters. The third-order valence-electron chi connectivity index (χ3n) is 10.7. The summed E-state index contributed by atoms with van der Waals surface area (Å²) < 4.78 is 12.3. The molecule has 3 saturated heterocycles. The summed E-state index contributed by atoms with van der Waals surface area (Å²) >= 11 is 0. The fourth-order valence-electron chi connectivity index (χ4n) is 8.22. The molecule has 5 rings (SSSR count). The lowest BCUT2D eigenvalue weighted by molar-refractivity contribution is -0.146. The van der Waals surface area contributed by atoms with Gasteiger partial charge in [-0.15, -0.1) is 13.2 Å². The smallest absolute Gasteiger partial charge is 0.306 e. The van der Waals surface area contributed by atoms with E-state index in [0.717, 1.165) is 24.3 Å². The molecule has 2 bridgehead atoms. The minimum absolute atomic E-state index is 0.0403. The average molecular weight is 715 g/mol. The minimum atomic E-state index is -1.18. The van der Waals surface area contributed by atoms with Crippen LogP contribution in [0, 0.1) is 11.8 Å². The number of benzene rings is 2. The molecule has 3 fully saturated rings. The number of esters is 1. The van der Waals surface area contributed by atoms with E-state index in [-0.39, 0.29) is 43.9 Å². The molecule has 0 saturated carbocycles. The number of carbonyl (C=O) groups excluding carboxylic acids is 4. The summed E-state index contributed by atoms with van der Waals surface area (Å²) in [4.78, 5) is 61.7. The van der Waals surface area contributed by atoms with Gasteiger partial charge in [-0.2, -0.15) is 0 Å². The summed E-state index contributed by atoms with van der Waals surface area (Å²) in [5.41, 5.74) is 1.31. The van der Waals surface area contributed by atoms with Gasteiger partial charge in [-0.3, -0.25) is 19.2 Å². The molecule has 3 heterocycles. The second-order valence-corrected chi connectivity index (χ2v) is 13.8. The number of rotatable bonds is 20. The number of nitrogens with one attached hydrogen (secondary N) is 1. The van der Waals surface area contributed by atoms with Gasteiger partial charge < -0.3 is 34.6 Å². The molecule has 3 amide bonds. The molecule has 2 N–H and O–H groups in total. The van der Waals surface area contributed by atoms with E-state index in [0.29, 0.717) is 50.8 Å². The highest BCUT2D eigenvalue weighted by molar-refractivity contribution is 6.05. The van der Waals surface area contributed by atoms with E-state index in [2.05, 4.69) is 37.2 Å². The third kappa shape index (κ3) is 7.95. The zero-order chi connectivity index (χ0) is 37.3. The van der Waals surface area contributed by atoms with Gasteiger partial charge >= 0.3 is 5.97 Å². The first-order valence-electron chi connectivity index (χ1n) is 18.7. The standard InChI is InChI=1S/C41H54N4O7/c1-5-9-18-34(47)51-28-32(29-16-12-10-13-17-29)42-38(48)35-33-23-24-41(52-33)36(35)39(49)45(26-14-11-15-27-46)37(41)40(50)44(25-6-2)31-21-19-30(20-22-31)43(7-3)8-4/h5-6,10,12-13,16-17,19-22,32-33,35-37,46H,1-2,7-9,11,14-15,18,23-28H2,3-4H3,(H,42,48)/t32-,33-,35+,36+,37-,41+/m1/s1. The fraction of sp³-hybridized carbons (Fsp3) is 0.512. The second-order valence-electron chi connectivity index (χ2n) is 13.8. The zero-order valence-electron chi connectivity index (χ0n) is 30.6. The molecular weight excluding hydrogens is 660 g/mol. The van der Waals surface area contributed by atoms with E-state index in [9.17, 15) is 24.3 Å². The molecule has 0 aromatic heterocycles. The number of amides is 3. The van der Waals surface area contributed by atoms with Crippen LogP contribution in [-0.4, -0.2) is 90.8 Å². The van der Waals surface area contributed by atoms with Crippen molar-refractivity contribution in [3.63, 3.8) is 0 Å². The van der Waals surface area contributed by atoms with Gasteiger partial charge in [0, 0.05) is 50.6 Å². The summed E-state index contributed by atoms with van der Waals surface area (Å²) in [6, 6.07) is 15.5. The van der Waals surface area contributed by atoms with Gasteiger partial charge in [0.1, 0.15) is 18.2 Å². The molecule has 1 spiro atoms. The Hall–Kier alpha value is -4.48. The number of ether oxygens (including phenoxy) is 2. The van der Waals surface area contributed by atoms with Crippen molar-refractivity contribution in [3.8, 4) is 0 Å². The van der Waals surface area contributed by atoms with E-state index >= 15 is 0 Å². The Morgan fingerprint density at radius 2 is 1.75 bits per heavy atom. The predicted octanol–water partition coefficient (Wildman–Crippen LogP) is 4.96. The van der Waals surface area contributed by atoms with Crippen LogP contribution in [0.25, 0.3) is 0 Å². The second kappa shape index (κ2) is 17.8. The Labute approximate surface area is 307 Å². The Bertz CT molecular complexity index is 1560. The van der Waals surface area contributed by atoms with Gasteiger partial charge in [0.2, 0.25) is 11.8 Å². The van der Waals surface area contributed by atoms with Crippen LogP contribution in [0.1, 0.15) is 70.4 Å². The van der Waals surface area contributed by atoms with Crippen molar-refractivity contribution in [3.05, 3.63) is 85.5 Å². The topological polar surface area (TPSA) is 129 Å². The number of anilines is 2. The molecule has 2 aromatic carbocycles. The normalized spacial score (nSPS) is 23.5. The number of aliphatic hydroxyl groups is 1. The largest absolute Gasteiger partial charge is 0.463 e. The van der Waals surface area contributed by atoms with Crippen LogP contribution in [-0.2, 0) is 28.7 Å². The summed E-state index contributed by atoms with van der Waals surface area (Å²) in [6.45, 7) is 14.0. The lowest BCUT2D eigenvalue weighted by Crippen LogP contribution is -2.56. The van der Waals surface area contributed by atoms with Crippen molar-refractivity contribution in [2.75, 3.05) is 49.2 Å². The van der Waals surface area contributed by atoms with Crippen LogP contribution in [0.4, 0.5) is 11.4 Å². The molecule has 0 radical (unpaired) electrons. The average Bonchev–Trinajstić information content (AvgIpc) is 3.81. The molecule has 0 aliphatic carbocycles. The molecule has 11 heteroatoms. The van der Waals surface area contributed by atoms with Crippen molar-refractivity contribution < 1.29 is 33.8 Å². The van der Waals surface area contributed by atoms with E-state index in [1.165, 1.54) is 0 Å². The van der Waals surface area contributed by atoms with Gasteiger partial charge in [-0.1, -0.05) is 42.5 Å². The monoisotopic (exact) mass is 714 g/mol. The number of aliphatic hydroxyl groups excluding tert-OH is 1. The van der Waals surface area contributed by atoms with E-state index < -0.39 is 41.6 Å². The van der Waals surface area contributed by atoms with Crippen molar-refractivity contribution in [2.24, 2.45) is 11.8 Å². The first-order valence-corrected chi connectivity index (χ1v) is 18.7. The van der Waals surface area contributed by atoms with Crippen LogP contribution in [0.15, 0.2) is 79.9 Å². The number of nitrogens with zero attached hydrogens (tertiary/aromatic N) is 3. The maximum absolute atomic E-state index is 14.9. The Morgan fingerprint density at radius 1 is 1.04 bits per heavy atom. The number of unbranched alkanes of at least 4 members (excludes halogenated alkanes) is 2. The molecule has 280 valence electrons. The maximum Gasteiger partial charge on any atom is 0.306 e. The number of hydrogen-bond acceptors (Lipinski definition) is 8. The molecule has 6 atom stereocenters. The number of carbonyl (C=O) groups is 4. The highest BCUT2D eigenvalue weighted by Crippen LogP contribution is 2.58. The van der Waals surface area contributed by atoms with Gasteiger partial charge in [-0.25, -0.2) is 0 Å². The zero-order valence-corrected chi connectivity index (χ0v) is 30.6. The maximum atomic E-state index is 14.9. The number of fused-ring (bicyclic) bond motifs is 1. The van der Waals surface area contributed by atoms with Crippen LogP contribution >= 0.6 is 0 Å². The highest BCUT2D eigenvalue weighted by Gasteiger charge is 2.74. The van der Waals surface area contributed by atoms with Crippen molar-refractivity contribution in [1.82, 2.24) is 10.2 Å². The first-order chi connectivity index (χ1) is 25.2. The van der Waals surface area contributed by atoms with E-state index in [1.807, 2.05) is 54.6 Å². The lowest BCUT2D eigenvalue weighted by Gasteiger charge is -2.37. The molecular formula is C41H54N4O7. The minimum Gasteiger partial charge on any atom is -0.463 e. The number of allylic oxidation sites excluding steroid dienone is 1. The highest BCUT2D eigenvalue weighted by atomic mass is 16.5. The van der Waals surface area contributed by atoms with Crippen LogP contribution in [0.2, 0.25) is 0 Å². The molecule has 3 aliphatic rings. The van der Waals surface area contributed by atoms with Crippen molar-refractivity contribution in [1.29, 1.82) is 0 Å². The Kier molecular flexibility index (Phi) is 13.3. The number of hydrogen-bond donors (Lipinski definition) is 2. The Balaban J connectivity index is 1.45. The SMILES string of the molecule is C=CCCC(=O)OC[C@@H](NC(=O)[C@@H]1[C@H]2C(=O)N(CCCCCO)[C@H](C(=O)N(CC=C)c3ccc(N(CC)CC)cc3)[C@]23CC[C@H]1O3)c1ccccc1. The molecule has 11 nitrogen and oxygen atoms in total. The summed E-state index contributed by atoms with van der Waals surface area (Å²) in [5.74, 6) is -3.00. The third-order valence-corrected chi connectivity index (χ3v) is 10.7. The number of likely N-dealkylation sites (tertiary alicyclic amines) is 1. The molecule has 52 heavy (non-hydrogen) atoms. The summed E-state index contributed by atoms with van der Waals surface area (Å²) in [5, 5.41) is 12.5. The van der Waals surface area contributed by atoms with Crippen LogP contribution < -0.4 is 15.1 Å². The molecule has 3 aliphatic heterocycles. The van der Waals surface area contributed by atoms with Crippen molar-refractivity contribution in [2.45, 2.75) is 82.6 Å². The van der Waals surface area contributed by atoms with Gasteiger partial charge in [0.15, 0.2) is 0 Å². The van der Waals surface area contributed by atoms with Crippen molar-refractivity contribution >= 4 is 35.1 Å². The van der Waals surface area contributed by atoms with Gasteiger partial charge in [-0.05, 0) is 82.2 Å². The summed E-state index contributed by atoms with van der Waals surface area (Å²) in [6.07, 6.45) is 6.28. The fourth-order valence-corrected chi connectivity index (χ4v) is 8.22. The quantitative estimate of drug-likeness (QED) is 0.112. The van der Waals surface area contributed by atoms with E-state index in [1.54, 1.807) is 22.0 Å².